The normalized spacial score (nSPS) is 11.9. The Balaban J connectivity index is 1.87. The molecule has 1 atom stereocenters. The Kier molecular flexibility index (Phi) is 9.02. The van der Waals surface area contributed by atoms with Gasteiger partial charge in [-0.15, -0.1) is 0 Å². The van der Waals surface area contributed by atoms with Crippen LogP contribution < -0.4 is 5.32 Å². The first-order valence-corrected chi connectivity index (χ1v) is 10.7. The van der Waals surface area contributed by atoms with Crippen molar-refractivity contribution in [3.63, 3.8) is 0 Å². The molecule has 1 N–H and O–H groups in total. The predicted octanol–water partition coefficient (Wildman–Crippen LogP) is 4.32. The summed E-state index contributed by atoms with van der Waals surface area (Å²) in [6, 6.07) is 5.91. The number of nitrogens with one attached hydrogen (secondary N) is 1. The van der Waals surface area contributed by atoms with Crippen molar-refractivity contribution < 1.29 is 14.0 Å². The molecule has 0 aliphatic heterocycles. The van der Waals surface area contributed by atoms with Gasteiger partial charge in [0, 0.05) is 37.2 Å². The van der Waals surface area contributed by atoms with E-state index in [1.54, 1.807) is 23.0 Å². The number of halogens is 1. The van der Waals surface area contributed by atoms with E-state index in [0.29, 0.717) is 19.3 Å². The van der Waals surface area contributed by atoms with Gasteiger partial charge in [0.15, 0.2) is 0 Å². The van der Waals surface area contributed by atoms with Crippen LogP contribution in [-0.4, -0.2) is 39.6 Å². The molecule has 2 rings (SSSR count). The smallest absolute Gasteiger partial charge is 0.222 e. The van der Waals surface area contributed by atoms with Crippen molar-refractivity contribution in [3.8, 4) is 5.69 Å². The number of nitrogens with zero attached hydrogens (tertiary/aromatic N) is 3. The highest BCUT2D eigenvalue weighted by Crippen LogP contribution is 2.20. The van der Waals surface area contributed by atoms with Crippen molar-refractivity contribution in [2.75, 3.05) is 13.1 Å². The first-order chi connectivity index (χ1) is 14.4. The Morgan fingerprint density at radius 2 is 1.77 bits per heavy atom. The van der Waals surface area contributed by atoms with E-state index in [-0.39, 0.29) is 23.7 Å². The molecule has 0 spiro atoms. The third kappa shape index (κ3) is 6.40. The van der Waals surface area contributed by atoms with Gasteiger partial charge in [-0.3, -0.25) is 9.59 Å². The zero-order valence-corrected chi connectivity index (χ0v) is 18.4. The minimum Gasteiger partial charge on any atom is -0.349 e. The lowest BCUT2D eigenvalue weighted by molar-refractivity contribution is -0.131. The van der Waals surface area contributed by atoms with Crippen LogP contribution in [0.3, 0.4) is 0 Å². The summed E-state index contributed by atoms with van der Waals surface area (Å²) in [5.41, 5.74) is 2.56. The lowest BCUT2D eigenvalue weighted by Crippen LogP contribution is -2.32. The number of hydrogen-bond donors (Lipinski definition) is 1. The standard InChI is InChI=1S/C23H33FN4O2/c1-5-14-27(15-6-2)23(30)9-7-8-22(29)26-17(3)21-16-25-28(18(21)4)20-12-10-19(24)11-13-20/h10-13,16-17H,5-9,14-15H2,1-4H3,(H,26,29). The summed E-state index contributed by atoms with van der Waals surface area (Å²) >= 11 is 0. The van der Waals surface area contributed by atoms with Gasteiger partial charge < -0.3 is 10.2 Å². The van der Waals surface area contributed by atoms with Crippen LogP contribution in [0.2, 0.25) is 0 Å². The average Bonchev–Trinajstić information content (AvgIpc) is 3.09. The molecule has 0 bridgehead atoms. The molecule has 1 unspecified atom stereocenters. The fourth-order valence-electron chi connectivity index (χ4n) is 3.54. The zero-order chi connectivity index (χ0) is 22.1. The third-order valence-electron chi connectivity index (χ3n) is 5.10. The van der Waals surface area contributed by atoms with Crippen LogP contribution in [0.5, 0.6) is 0 Å². The summed E-state index contributed by atoms with van der Waals surface area (Å²) in [5.74, 6) is -0.256. The average molecular weight is 417 g/mol. The fraction of sp³-hybridized carbons (Fsp3) is 0.522. The minimum atomic E-state index is -0.296. The highest BCUT2D eigenvalue weighted by atomic mass is 19.1. The second-order valence-electron chi connectivity index (χ2n) is 7.60. The molecule has 2 amide bonds. The number of aromatic nitrogens is 2. The molecule has 1 aromatic heterocycles. The molecule has 0 saturated heterocycles. The number of rotatable bonds is 11. The lowest BCUT2D eigenvalue weighted by atomic mass is 10.1. The van der Waals surface area contributed by atoms with E-state index in [9.17, 15) is 14.0 Å². The largest absolute Gasteiger partial charge is 0.349 e. The summed E-state index contributed by atoms with van der Waals surface area (Å²) in [4.78, 5) is 26.5. The maximum atomic E-state index is 13.2. The SMILES string of the molecule is CCCN(CCC)C(=O)CCCC(=O)NC(C)c1cnn(-c2ccc(F)cc2)c1C. The van der Waals surface area contributed by atoms with E-state index in [0.717, 1.165) is 42.9 Å². The molecule has 0 radical (unpaired) electrons. The van der Waals surface area contributed by atoms with Crippen LogP contribution in [-0.2, 0) is 9.59 Å². The van der Waals surface area contributed by atoms with Crippen LogP contribution in [0.1, 0.15) is 70.2 Å². The molecular weight excluding hydrogens is 383 g/mol. The Morgan fingerprint density at radius 3 is 2.37 bits per heavy atom. The Hall–Kier alpha value is -2.70. The van der Waals surface area contributed by atoms with E-state index < -0.39 is 0 Å². The molecule has 1 heterocycles. The van der Waals surface area contributed by atoms with E-state index in [1.165, 1.54) is 12.1 Å². The maximum Gasteiger partial charge on any atom is 0.222 e. The van der Waals surface area contributed by atoms with Crippen molar-refractivity contribution >= 4 is 11.8 Å². The Bertz CT molecular complexity index is 826. The second-order valence-corrected chi connectivity index (χ2v) is 7.60. The van der Waals surface area contributed by atoms with Crippen molar-refractivity contribution in [2.24, 2.45) is 0 Å². The zero-order valence-electron chi connectivity index (χ0n) is 18.4. The molecular formula is C23H33FN4O2. The van der Waals surface area contributed by atoms with Gasteiger partial charge in [-0.1, -0.05) is 13.8 Å². The molecule has 6 nitrogen and oxygen atoms in total. The molecule has 30 heavy (non-hydrogen) atoms. The van der Waals surface area contributed by atoms with Gasteiger partial charge in [-0.25, -0.2) is 9.07 Å². The molecule has 0 aliphatic rings. The Morgan fingerprint density at radius 1 is 1.13 bits per heavy atom. The number of carbonyl (C=O) groups is 2. The quantitative estimate of drug-likeness (QED) is 0.593. The first-order valence-electron chi connectivity index (χ1n) is 10.7. The van der Waals surface area contributed by atoms with Crippen LogP contribution in [0.4, 0.5) is 4.39 Å². The number of amides is 2. The molecule has 1 aromatic carbocycles. The van der Waals surface area contributed by atoms with E-state index in [2.05, 4.69) is 24.3 Å². The minimum absolute atomic E-state index is 0.0817. The molecule has 0 fully saturated rings. The van der Waals surface area contributed by atoms with Crippen LogP contribution in [0, 0.1) is 12.7 Å². The lowest BCUT2D eigenvalue weighted by Gasteiger charge is -2.21. The molecule has 0 saturated carbocycles. The molecule has 0 aliphatic carbocycles. The Labute approximate surface area is 178 Å². The first kappa shape index (κ1) is 23.6. The van der Waals surface area contributed by atoms with Gasteiger partial charge in [0.05, 0.1) is 17.9 Å². The van der Waals surface area contributed by atoms with Crippen molar-refractivity contribution in [3.05, 3.63) is 47.5 Å². The number of hydrogen-bond acceptors (Lipinski definition) is 3. The van der Waals surface area contributed by atoms with Crippen molar-refractivity contribution in [2.45, 2.75) is 65.8 Å². The van der Waals surface area contributed by atoms with Gasteiger partial charge in [0.2, 0.25) is 11.8 Å². The monoisotopic (exact) mass is 416 g/mol. The third-order valence-corrected chi connectivity index (χ3v) is 5.10. The number of carbonyl (C=O) groups excluding carboxylic acids is 2. The van der Waals surface area contributed by atoms with Crippen molar-refractivity contribution in [1.29, 1.82) is 0 Å². The fourth-order valence-corrected chi connectivity index (χ4v) is 3.54. The highest BCUT2D eigenvalue weighted by Gasteiger charge is 2.17. The summed E-state index contributed by atoms with van der Waals surface area (Å²) in [5, 5.41) is 7.36. The van der Waals surface area contributed by atoms with Gasteiger partial charge >= 0.3 is 0 Å². The second kappa shape index (κ2) is 11.5. The maximum absolute atomic E-state index is 13.2. The van der Waals surface area contributed by atoms with Crippen LogP contribution >= 0.6 is 0 Å². The van der Waals surface area contributed by atoms with Crippen LogP contribution in [0.25, 0.3) is 5.69 Å². The van der Waals surface area contributed by atoms with Gasteiger partial charge in [0.25, 0.3) is 0 Å². The van der Waals surface area contributed by atoms with Crippen LogP contribution in [0.15, 0.2) is 30.5 Å². The van der Waals surface area contributed by atoms with Crippen molar-refractivity contribution in [1.82, 2.24) is 20.0 Å². The summed E-state index contributed by atoms with van der Waals surface area (Å²) < 4.78 is 14.9. The summed E-state index contributed by atoms with van der Waals surface area (Å²) in [7, 11) is 0. The van der Waals surface area contributed by atoms with E-state index >= 15 is 0 Å². The summed E-state index contributed by atoms with van der Waals surface area (Å²) in [6.07, 6.45) is 4.84. The topological polar surface area (TPSA) is 67.2 Å². The summed E-state index contributed by atoms with van der Waals surface area (Å²) in [6.45, 7) is 9.49. The van der Waals surface area contributed by atoms with E-state index in [4.69, 9.17) is 0 Å². The molecule has 2 aromatic rings. The van der Waals surface area contributed by atoms with E-state index in [1.807, 2.05) is 18.7 Å². The van der Waals surface area contributed by atoms with Gasteiger partial charge in [-0.2, -0.15) is 5.10 Å². The molecule has 7 heteroatoms. The predicted molar refractivity (Wildman–Crippen MR) is 116 cm³/mol. The highest BCUT2D eigenvalue weighted by molar-refractivity contribution is 5.79. The molecule has 164 valence electrons. The number of benzene rings is 1. The van der Waals surface area contributed by atoms with Gasteiger partial charge in [0.1, 0.15) is 5.82 Å². The van der Waals surface area contributed by atoms with Gasteiger partial charge in [-0.05, 0) is 57.4 Å².